The van der Waals surface area contributed by atoms with E-state index >= 15 is 0 Å². The lowest BCUT2D eigenvalue weighted by molar-refractivity contribution is 0.543. The minimum absolute atomic E-state index is 0.0397. The summed E-state index contributed by atoms with van der Waals surface area (Å²) in [5.41, 5.74) is 0. The molecule has 0 saturated heterocycles. The van der Waals surface area contributed by atoms with E-state index in [1.54, 1.807) is 24.3 Å². The Labute approximate surface area is 105 Å². The predicted octanol–water partition coefficient (Wildman–Crippen LogP) is 2.92. The van der Waals surface area contributed by atoms with Gasteiger partial charge in [0, 0.05) is 10.5 Å². The Balaban J connectivity index is 2.91. The average Bonchev–Trinajstić information content (AvgIpc) is 2.17. The minimum atomic E-state index is -3.41. The van der Waals surface area contributed by atoms with Crippen molar-refractivity contribution in [1.82, 2.24) is 4.72 Å². The van der Waals surface area contributed by atoms with Crippen LogP contribution < -0.4 is 4.72 Å². The molecule has 90 valence electrons. The van der Waals surface area contributed by atoms with Crippen LogP contribution in [0.15, 0.2) is 33.6 Å². The SMILES string of the molecule is CCCC(C)NS(=O)(=O)c1ccccc1Br. The molecule has 16 heavy (non-hydrogen) atoms. The van der Waals surface area contributed by atoms with Crippen LogP contribution >= 0.6 is 15.9 Å². The zero-order valence-electron chi connectivity index (χ0n) is 9.40. The predicted molar refractivity (Wildman–Crippen MR) is 68.8 cm³/mol. The molecule has 0 bridgehead atoms. The zero-order chi connectivity index (χ0) is 12.2. The highest BCUT2D eigenvalue weighted by Crippen LogP contribution is 2.21. The summed E-state index contributed by atoms with van der Waals surface area (Å²) < 4.78 is 27.2. The topological polar surface area (TPSA) is 46.2 Å². The van der Waals surface area contributed by atoms with E-state index in [0.29, 0.717) is 4.47 Å². The third-order valence-corrected chi connectivity index (χ3v) is 4.81. The molecule has 0 aliphatic carbocycles. The lowest BCUT2D eigenvalue weighted by Gasteiger charge is -2.13. The van der Waals surface area contributed by atoms with Gasteiger partial charge in [-0.25, -0.2) is 13.1 Å². The maximum Gasteiger partial charge on any atom is 0.241 e. The number of nitrogens with one attached hydrogen (secondary N) is 1. The number of benzene rings is 1. The molecule has 1 atom stereocenters. The normalized spacial score (nSPS) is 13.7. The molecule has 1 aromatic carbocycles. The summed E-state index contributed by atoms with van der Waals surface area (Å²) in [6.07, 6.45) is 1.79. The molecule has 0 aromatic heterocycles. The number of sulfonamides is 1. The number of hydrogen-bond donors (Lipinski definition) is 1. The van der Waals surface area contributed by atoms with E-state index in [9.17, 15) is 8.42 Å². The summed E-state index contributed by atoms with van der Waals surface area (Å²) in [7, 11) is -3.41. The summed E-state index contributed by atoms with van der Waals surface area (Å²) >= 11 is 3.24. The van der Waals surface area contributed by atoms with Gasteiger partial charge in [-0.3, -0.25) is 0 Å². The van der Waals surface area contributed by atoms with E-state index < -0.39 is 10.0 Å². The second kappa shape index (κ2) is 5.80. The fraction of sp³-hybridized carbons (Fsp3) is 0.455. The molecule has 0 spiro atoms. The van der Waals surface area contributed by atoms with Crippen molar-refractivity contribution in [2.24, 2.45) is 0 Å². The molecule has 1 aromatic rings. The lowest BCUT2D eigenvalue weighted by Crippen LogP contribution is -2.32. The first-order valence-corrected chi connectivity index (χ1v) is 7.52. The van der Waals surface area contributed by atoms with Crippen LogP contribution in [0.5, 0.6) is 0 Å². The third kappa shape index (κ3) is 3.57. The standard InChI is InChI=1S/C11H16BrNO2S/c1-3-6-9(2)13-16(14,15)11-8-5-4-7-10(11)12/h4-5,7-9,13H,3,6H2,1-2H3. The van der Waals surface area contributed by atoms with Crippen LogP contribution in [0.1, 0.15) is 26.7 Å². The fourth-order valence-electron chi connectivity index (χ4n) is 1.48. The molecule has 0 aliphatic rings. The molecular formula is C11H16BrNO2S. The fourth-order valence-corrected chi connectivity index (χ4v) is 3.76. The first-order chi connectivity index (χ1) is 7.47. The van der Waals surface area contributed by atoms with E-state index in [0.717, 1.165) is 12.8 Å². The number of hydrogen-bond acceptors (Lipinski definition) is 2. The zero-order valence-corrected chi connectivity index (χ0v) is 11.8. The first-order valence-electron chi connectivity index (χ1n) is 5.24. The molecule has 0 amide bonds. The summed E-state index contributed by atoms with van der Waals surface area (Å²) in [5.74, 6) is 0. The molecule has 3 nitrogen and oxygen atoms in total. The Morgan fingerprint density at radius 2 is 2.00 bits per heavy atom. The van der Waals surface area contributed by atoms with E-state index in [-0.39, 0.29) is 10.9 Å². The molecule has 0 aliphatic heterocycles. The smallest absolute Gasteiger partial charge is 0.208 e. The van der Waals surface area contributed by atoms with Gasteiger partial charge < -0.3 is 0 Å². The third-order valence-electron chi connectivity index (χ3n) is 2.20. The van der Waals surface area contributed by atoms with Gasteiger partial charge in [0.05, 0.1) is 4.90 Å². The lowest BCUT2D eigenvalue weighted by atomic mass is 10.2. The van der Waals surface area contributed by atoms with Crippen LogP contribution in [0.4, 0.5) is 0 Å². The van der Waals surface area contributed by atoms with Crippen molar-refractivity contribution < 1.29 is 8.42 Å². The van der Waals surface area contributed by atoms with Crippen LogP contribution in [0, 0.1) is 0 Å². The van der Waals surface area contributed by atoms with Crippen molar-refractivity contribution in [2.45, 2.75) is 37.6 Å². The molecular weight excluding hydrogens is 290 g/mol. The maximum atomic E-state index is 12.0. The summed E-state index contributed by atoms with van der Waals surface area (Å²) in [4.78, 5) is 0.290. The minimum Gasteiger partial charge on any atom is -0.208 e. The molecule has 1 rings (SSSR count). The quantitative estimate of drug-likeness (QED) is 0.909. The average molecular weight is 306 g/mol. The Bertz CT molecular complexity index is 445. The molecule has 0 radical (unpaired) electrons. The van der Waals surface area contributed by atoms with Crippen molar-refractivity contribution in [1.29, 1.82) is 0 Å². The van der Waals surface area contributed by atoms with Crippen molar-refractivity contribution in [3.8, 4) is 0 Å². The molecule has 5 heteroatoms. The van der Waals surface area contributed by atoms with E-state index in [2.05, 4.69) is 20.7 Å². The highest BCUT2D eigenvalue weighted by molar-refractivity contribution is 9.10. The van der Waals surface area contributed by atoms with Gasteiger partial charge in [-0.05, 0) is 41.4 Å². The number of rotatable bonds is 5. The van der Waals surface area contributed by atoms with Crippen LogP contribution in [0.3, 0.4) is 0 Å². The van der Waals surface area contributed by atoms with Gasteiger partial charge >= 0.3 is 0 Å². The number of halogens is 1. The van der Waals surface area contributed by atoms with Crippen LogP contribution in [-0.2, 0) is 10.0 Å². The van der Waals surface area contributed by atoms with E-state index in [1.807, 2.05) is 13.8 Å². The molecule has 1 unspecified atom stereocenters. The van der Waals surface area contributed by atoms with Crippen LogP contribution in [-0.4, -0.2) is 14.5 Å². The largest absolute Gasteiger partial charge is 0.241 e. The molecule has 0 fully saturated rings. The van der Waals surface area contributed by atoms with Crippen molar-refractivity contribution in [3.05, 3.63) is 28.7 Å². The Morgan fingerprint density at radius 1 is 1.38 bits per heavy atom. The van der Waals surface area contributed by atoms with Gasteiger partial charge in [0.2, 0.25) is 10.0 Å². The summed E-state index contributed by atoms with van der Waals surface area (Å²) in [6.45, 7) is 3.90. The van der Waals surface area contributed by atoms with Gasteiger partial charge in [-0.15, -0.1) is 0 Å². The van der Waals surface area contributed by atoms with Gasteiger partial charge in [-0.2, -0.15) is 0 Å². The van der Waals surface area contributed by atoms with Crippen molar-refractivity contribution in [2.75, 3.05) is 0 Å². The van der Waals surface area contributed by atoms with E-state index in [4.69, 9.17) is 0 Å². The van der Waals surface area contributed by atoms with Crippen molar-refractivity contribution >= 4 is 26.0 Å². The maximum absolute atomic E-state index is 12.0. The summed E-state index contributed by atoms with van der Waals surface area (Å²) in [6, 6.07) is 6.77. The second-order valence-corrected chi connectivity index (χ2v) is 6.28. The first kappa shape index (κ1) is 13.7. The molecule has 1 N–H and O–H groups in total. The molecule has 0 heterocycles. The van der Waals surface area contributed by atoms with Crippen LogP contribution in [0.2, 0.25) is 0 Å². The van der Waals surface area contributed by atoms with E-state index in [1.165, 1.54) is 0 Å². The molecule has 0 saturated carbocycles. The highest BCUT2D eigenvalue weighted by Gasteiger charge is 2.18. The highest BCUT2D eigenvalue weighted by atomic mass is 79.9. The van der Waals surface area contributed by atoms with Gasteiger partial charge in [0.1, 0.15) is 0 Å². The Kier molecular flexibility index (Phi) is 4.95. The Hall–Kier alpha value is -0.390. The van der Waals surface area contributed by atoms with Crippen LogP contribution in [0.25, 0.3) is 0 Å². The van der Waals surface area contributed by atoms with Gasteiger partial charge in [-0.1, -0.05) is 25.5 Å². The summed E-state index contributed by atoms with van der Waals surface area (Å²) in [5, 5.41) is 0. The Morgan fingerprint density at radius 3 is 2.56 bits per heavy atom. The van der Waals surface area contributed by atoms with Gasteiger partial charge in [0.15, 0.2) is 0 Å². The monoisotopic (exact) mass is 305 g/mol. The van der Waals surface area contributed by atoms with Gasteiger partial charge in [0.25, 0.3) is 0 Å². The van der Waals surface area contributed by atoms with Crippen molar-refractivity contribution in [3.63, 3.8) is 0 Å². The second-order valence-electron chi connectivity index (χ2n) is 3.74.